The highest BCUT2D eigenvalue weighted by atomic mass is 16.7. The first-order valence-corrected chi connectivity index (χ1v) is 7.92. The van der Waals surface area contributed by atoms with E-state index in [1.807, 2.05) is 12.1 Å². The SMILES string of the molecule is CC(NCc1cccc2c1OCO2)C1CC2CCC1C2. The van der Waals surface area contributed by atoms with Gasteiger partial charge in [-0.1, -0.05) is 18.6 Å². The summed E-state index contributed by atoms with van der Waals surface area (Å²) in [7, 11) is 0. The van der Waals surface area contributed by atoms with Crippen molar-refractivity contribution in [2.45, 2.75) is 45.2 Å². The summed E-state index contributed by atoms with van der Waals surface area (Å²) in [6.45, 7) is 3.59. The summed E-state index contributed by atoms with van der Waals surface area (Å²) < 4.78 is 11.0. The van der Waals surface area contributed by atoms with Crippen LogP contribution in [-0.2, 0) is 6.54 Å². The van der Waals surface area contributed by atoms with Crippen LogP contribution in [0.3, 0.4) is 0 Å². The summed E-state index contributed by atoms with van der Waals surface area (Å²) in [5.74, 6) is 4.69. The summed E-state index contributed by atoms with van der Waals surface area (Å²) in [5.41, 5.74) is 1.22. The normalized spacial score (nSPS) is 31.8. The van der Waals surface area contributed by atoms with Crippen molar-refractivity contribution in [3.63, 3.8) is 0 Å². The van der Waals surface area contributed by atoms with E-state index in [9.17, 15) is 0 Å². The molecule has 4 atom stereocenters. The van der Waals surface area contributed by atoms with Gasteiger partial charge in [-0.25, -0.2) is 0 Å². The van der Waals surface area contributed by atoms with Gasteiger partial charge in [0.2, 0.25) is 6.79 Å². The molecule has 1 aromatic carbocycles. The van der Waals surface area contributed by atoms with Gasteiger partial charge in [0.15, 0.2) is 11.5 Å². The number of benzene rings is 1. The van der Waals surface area contributed by atoms with Gasteiger partial charge in [0.05, 0.1) is 0 Å². The van der Waals surface area contributed by atoms with E-state index in [4.69, 9.17) is 9.47 Å². The molecule has 4 unspecified atom stereocenters. The molecular formula is C17H23NO2. The summed E-state index contributed by atoms with van der Waals surface area (Å²) >= 11 is 0. The van der Waals surface area contributed by atoms with Crippen LogP contribution in [0, 0.1) is 17.8 Å². The van der Waals surface area contributed by atoms with Crippen LogP contribution >= 0.6 is 0 Å². The van der Waals surface area contributed by atoms with Gasteiger partial charge < -0.3 is 14.8 Å². The highest BCUT2D eigenvalue weighted by molar-refractivity contribution is 5.48. The Kier molecular flexibility index (Phi) is 3.10. The third-order valence-corrected chi connectivity index (χ3v) is 5.53. The number of nitrogens with one attached hydrogen (secondary N) is 1. The Morgan fingerprint density at radius 3 is 3.00 bits per heavy atom. The molecule has 0 spiro atoms. The smallest absolute Gasteiger partial charge is 0.231 e. The van der Waals surface area contributed by atoms with Crippen molar-refractivity contribution in [2.75, 3.05) is 6.79 Å². The quantitative estimate of drug-likeness (QED) is 0.912. The van der Waals surface area contributed by atoms with Crippen LogP contribution in [0.4, 0.5) is 0 Å². The molecule has 3 heteroatoms. The minimum atomic E-state index is 0.355. The number of fused-ring (bicyclic) bond motifs is 3. The number of rotatable bonds is 4. The van der Waals surface area contributed by atoms with Gasteiger partial charge in [-0.2, -0.15) is 0 Å². The highest BCUT2D eigenvalue weighted by Gasteiger charge is 2.41. The number of hydrogen-bond donors (Lipinski definition) is 1. The highest BCUT2D eigenvalue weighted by Crippen LogP contribution is 2.49. The lowest BCUT2D eigenvalue weighted by Gasteiger charge is -2.28. The van der Waals surface area contributed by atoms with Crippen LogP contribution < -0.4 is 14.8 Å². The second kappa shape index (κ2) is 4.96. The maximum Gasteiger partial charge on any atom is 0.231 e. The molecule has 4 rings (SSSR count). The van der Waals surface area contributed by atoms with E-state index < -0.39 is 0 Å². The first-order valence-electron chi connectivity index (χ1n) is 7.92. The molecule has 3 aliphatic rings. The molecule has 0 saturated heterocycles. The van der Waals surface area contributed by atoms with Gasteiger partial charge in [0, 0.05) is 18.2 Å². The fourth-order valence-electron chi connectivity index (χ4n) is 4.46. The first kappa shape index (κ1) is 12.5. The van der Waals surface area contributed by atoms with Crippen molar-refractivity contribution in [2.24, 2.45) is 17.8 Å². The molecule has 1 aliphatic heterocycles. The van der Waals surface area contributed by atoms with Gasteiger partial charge in [-0.3, -0.25) is 0 Å². The molecule has 0 amide bonds. The van der Waals surface area contributed by atoms with Crippen LogP contribution in [0.1, 0.15) is 38.2 Å². The minimum absolute atomic E-state index is 0.355. The Morgan fingerprint density at radius 2 is 2.20 bits per heavy atom. The minimum Gasteiger partial charge on any atom is -0.454 e. The average molecular weight is 273 g/mol. The number of hydrogen-bond acceptors (Lipinski definition) is 3. The van der Waals surface area contributed by atoms with Crippen LogP contribution in [0.2, 0.25) is 0 Å². The zero-order valence-corrected chi connectivity index (χ0v) is 12.1. The van der Waals surface area contributed by atoms with Gasteiger partial charge in [-0.15, -0.1) is 0 Å². The van der Waals surface area contributed by atoms with Gasteiger partial charge in [0.1, 0.15) is 0 Å². The lowest BCUT2D eigenvalue weighted by molar-refractivity contribution is 0.173. The third kappa shape index (κ3) is 2.08. The van der Waals surface area contributed by atoms with Gasteiger partial charge >= 0.3 is 0 Å². The predicted octanol–water partition coefficient (Wildman–Crippen LogP) is 3.33. The van der Waals surface area contributed by atoms with Crippen molar-refractivity contribution >= 4 is 0 Å². The lowest BCUT2D eigenvalue weighted by Crippen LogP contribution is -2.35. The second-order valence-corrected chi connectivity index (χ2v) is 6.66. The average Bonchev–Trinajstić information content (AvgIpc) is 3.19. The molecule has 2 aliphatic carbocycles. The second-order valence-electron chi connectivity index (χ2n) is 6.66. The van der Waals surface area contributed by atoms with E-state index >= 15 is 0 Å². The molecule has 3 nitrogen and oxygen atoms in total. The summed E-state index contributed by atoms with van der Waals surface area (Å²) in [6, 6.07) is 6.76. The van der Waals surface area contributed by atoms with Gasteiger partial charge in [0.25, 0.3) is 0 Å². The van der Waals surface area contributed by atoms with Crippen molar-refractivity contribution in [1.29, 1.82) is 0 Å². The largest absolute Gasteiger partial charge is 0.454 e. The van der Waals surface area contributed by atoms with Gasteiger partial charge in [-0.05, 0) is 50.0 Å². The van der Waals surface area contributed by atoms with Crippen LogP contribution in [0.25, 0.3) is 0 Å². The zero-order chi connectivity index (χ0) is 13.5. The Bertz CT molecular complexity index is 502. The van der Waals surface area contributed by atoms with Crippen LogP contribution in [0.15, 0.2) is 18.2 Å². The fourth-order valence-corrected chi connectivity index (χ4v) is 4.46. The molecule has 20 heavy (non-hydrogen) atoms. The summed E-state index contributed by atoms with van der Waals surface area (Å²) in [6.07, 6.45) is 5.85. The van der Waals surface area contributed by atoms with E-state index in [1.54, 1.807) is 0 Å². The van der Waals surface area contributed by atoms with Crippen molar-refractivity contribution in [3.8, 4) is 11.5 Å². The number of ether oxygens (including phenoxy) is 2. The van der Waals surface area contributed by atoms with Crippen LogP contribution in [0.5, 0.6) is 11.5 Å². The van der Waals surface area contributed by atoms with E-state index in [0.29, 0.717) is 12.8 Å². The summed E-state index contributed by atoms with van der Waals surface area (Å²) in [5, 5.41) is 3.72. The van der Waals surface area contributed by atoms with Crippen molar-refractivity contribution < 1.29 is 9.47 Å². The molecule has 1 heterocycles. The Balaban J connectivity index is 1.40. The summed E-state index contributed by atoms with van der Waals surface area (Å²) in [4.78, 5) is 0. The molecule has 2 bridgehead atoms. The van der Waals surface area contributed by atoms with E-state index in [2.05, 4.69) is 18.3 Å². The predicted molar refractivity (Wildman–Crippen MR) is 77.8 cm³/mol. The van der Waals surface area contributed by atoms with E-state index in [0.717, 1.165) is 35.8 Å². The monoisotopic (exact) mass is 273 g/mol. The standard InChI is InChI=1S/C17H23NO2/c1-11(15-8-12-5-6-13(15)7-12)18-9-14-3-2-4-16-17(14)20-10-19-16/h2-4,11-13,15,18H,5-10H2,1H3. The molecule has 2 fully saturated rings. The van der Waals surface area contributed by atoms with Crippen molar-refractivity contribution in [3.05, 3.63) is 23.8 Å². The molecular weight excluding hydrogens is 250 g/mol. The molecule has 2 saturated carbocycles. The molecule has 1 N–H and O–H groups in total. The maximum absolute atomic E-state index is 5.57. The number of para-hydroxylation sites is 1. The zero-order valence-electron chi connectivity index (χ0n) is 12.1. The molecule has 108 valence electrons. The first-order chi connectivity index (χ1) is 9.81. The lowest BCUT2D eigenvalue weighted by atomic mass is 9.84. The van der Waals surface area contributed by atoms with E-state index in [-0.39, 0.29) is 0 Å². The third-order valence-electron chi connectivity index (χ3n) is 5.53. The Morgan fingerprint density at radius 1 is 1.25 bits per heavy atom. The fraction of sp³-hybridized carbons (Fsp3) is 0.647. The molecule has 0 radical (unpaired) electrons. The van der Waals surface area contributed by atoms with E-state index in [1.165, 1.54) is 31.2 Å². The van der Waals surface area contributed by atoms with Crippen molar-refractivity contribution in [1.82, 2.24) is 5.32 Å². The van der Waals surface area contributed by atoms with Crippen LogP contribution in [-0.4, -0.2) is 12.8 Å². The molecule has 0 aromatic heterocycles. The molecule has 1 aromatic rings. The maximum atomic E-state index is 5.57. The Hall–Kier alpha value is -1.22. The topological polar surface area (TPSA) is 30.5 Å². The Labute approximate surface area is 120 Å².